The van der Waals surface area contributed by atoms with Crippen molar-refractivity contribution in [3.8, 4) is 0 Å². The lowest BCUT2D eigenvalue weighted by molar-refractivity contribution is -0.142. The van der Waals surface area contributed by atoms with Gasteiger partial charge in [-0.2, -0.15) is 11.8 Å². The molecule has 1 aromatic rings. The van der Waals surface area contributed by atoms with E-state index < -0.39 is 23.8 Å². The molecule has 0 aliphatic heterocycles. The van der Waals surface area contributed by atoms with Crippen LogP contribution in [0, 0.1) is 0 Å². The summed E-state index contributed by atoms with van der Waals surface area (Å²) >= 11 is 1.58. The number of carbonyl (C=O) groups is 3. The van der Waals surface area contributed by atoms with Gasteiger partial charge in [-0.1, -0.05) is 55.7 Å². The molecule has 1 aliphatic rings. The van der Waals surface area contributed by atoms with Crippen LogP contribution in [0.1, 0.15) is 70.9 Å². The molecule has 3 amide bonds. The number of alkyl carbamates (subject to hydrolysis) is 1. The largest absolute Gasteiger partial charge is 0.444 e. The minimum Gasteiger partial charge on any atom is -0.444 e. The summed E-state index contributed by atoms with van der Waals surface area (Å²) in [4.78, 5) is 41.6. The molecule has 0 aromatic heterocycles. The molecule has 1 aliphatic carbocycles. The second-order valence-corrected chi connectivity index (χ2v) is 10.9. The van der Waals surface area contributed by atoms with E-state index in [0.717, 1.165) is 31.2 Å². The number of carbonyl (C=O) groups excluding carboxylic acids is 3. The van der Waals surface area contributed by atoms with Crippen molar-refractivity contribution >= 4 is 29.7 Å². The summed E-state index contributed by atoms with van der Waals surface area (Å²) in [6.07, 6.45) is 8.57. The maximum Gasteiger partial charge on any atom is 0.408 e. The summed E-state index contributed by atoms with van der Waals surface area (Å²) in [6.45, 7) is 9.31. The van der Waals surface area contributed by atoms with E-state index in [4.69, 9.17) is 4.74 Å². The van der Waals surface area contributed by atoms with Gasteiger partial charge >= 0.3 is 6.09 Å². The Kier molecular flexibility index (Phi) is 11.6. The Bertz CT molecular complexity index is 835. The third kappa shape index (κ3) is 9.59. The molecular formula is C27H41N3O4S. The smallest absolute Gasteiger partial charge is 0.408 e. The minimum atomic E-state index is -0.833. The van der Waals surface area contributed by atoms with Crippen LogP contribution < -0.4 is 10.6 Å². The quantitative estimate of drug-likeness (QED) is 0.422. The number of hydrogen-bond donors (Lipinski definition) is 2. The van der Waals surface area contributed by atoms with Gasteiger partial charge in [-0.15, -0.1) is 6.58 Å². The van der Waals surface area contributed by atoms with E-state index in [-0.39, 0.29) is 24.4 Å². The monoisotopic (exact) mass is 503 g/mol. The standard InChI is InChI=1S/C27H41N3O4S/c1-6-18-30(25(32)22(17-19-35-5)29-26(33)34-27(2,3)4)23(20-13-9-7-10-14-20)24(31)28-21-15-11-8-12-16-21/h6-7,9-10,13-14,21-23H,1,8,11-12,15-19H2,2-5H3,(H,28,31)(H,29,33). The fourth-order valence-electron chi connectivity index (χ4n) is 4.24. The van der Waals surface area contributed by atoms with Crippen molar-refractivity contribution in [2.75, 3.05) is 18.6 Å². The van der Waals surface area contributed by atoms with Gasteiger partial charge in [0.25, 0.3) is 0 Å². The molecule has 7 nitrogen and oxygen atoms in total. The number of nitrogens with zero attached hydrogens (tertiary/aromatic N) is 1. The lowest BCUT2D eigenvalue weighted by Crippen LogP contribution is -2.54. The molecule has 8 heteroatoms. The van der Waals surface area contributed by atoms with Crippen LogP contribution >= 0.6 is 11.8 Å². The lowest BCUT2D eigenvalue weighted by Gasteiger charge is -2.35. The van der Waals surface area contributed by atoms with Crippen molar-refractivity contribution in [2.45, 2.75) is 83.0 Å². The summed E-state index contributed by atoms with van der Waals surface area (Å²) in [5.41, 5.74) is 0.0293. The van der Waals surface area contributed by atoms with Gasteiger partial charge in [-0.05, 0) is 57.6 Å². The molecule has 2 atom stereocenters. The first kappa shape index (κ1) is 28.8. The van der Waals surface area contributed by atoms with Crippen molar-refractivity contribution in [3.05, 3.63) is 48.6 Å². The second kappa shape index (κ2) is 14.2. The summed E-state index contributed by atoms with van der Waals surface area (Å²) in [7, 11) is 0. The van der Waals surface area contributed by atoms with Gasteiger partial charge < -0.3 is 20.3 Å². The van der Waals surface area contributed by atoms with Crippen LogP contribution in [-0.2, 0) is 14.3 Å². The molecule has 0 spiro atoms. The Balaban J connectivity index is 2.35. The molecule has 0 heterocycles. The summed E-state index contributed by atoms with van der Waals surface area (Å²) < 4.78 is 5.40. The number of benzene rings is 1. The molecule has 0 bridgehead atoms. The summed E-state index contributed by atoms with van der Waals surface area (Å²) in [5, 5.41) is 5.92. The third-order valence-corrected chi connectivity index (χ3v) is 6.48. The lowest BCUT2D eigenvalue weighted by atomic mass is 9.94. The zero-order chi connectivity index (χ0) is 25.8. The number of amides is 3. The average molecular weight is 504 g/mol. The van der Waals surface area contributed by atoms with Crippen LogP contribution in [0.4, 0.5) is 4.79 Å². The van der Waals surface area contributed by atoms with E-state index in [0.29, 0.717) is 12.2 Å². The first-order chi connectivity index (χ1) is 16.7. The van der Waals surface area contributed by atoms with E-state index >= 15 is 0 Å². The van der Waals surface area contributed by atoms with Gasteiger partial charge in [0.05, 0.1) is 0 Å². The van der Waals surface area contributed by atoms with Crippen molar-refractivity contribution in [1.82, 2.24) is 15.5 Å². The van der Waals surface area contributed by atoms with Gasteiger partial charge in [0.2, 0.25) is 11.8 Å². The predicted octanol–water partition coefficient (Wildman–Crippen LogP) is 4.84. The SMILES string of the molecule is C=CCN(C(=O)C(CCSC)NC(=O)OC(C)(C)C)C(C(=O)NC1CCCCC1)c1ccccc1. The Hall–Kier alpha value is -2.48. The molecule has 1 aromatic carbocycles. The van der Waals surface area contributed by atoms with E-state index in [1.54, 1.807) is 38.6 Å². The molecule has 0 saturated heterocycles. The molecule has 0 radical (unpaired) electrons. The maximum atomic E-state index is 13.9. The van der Waals surface area contributed by atoms with E-state index in [2.05, 4.69) is 17.2 Å². The third-order valence-electron chi connectivity index (χ3n) is 5.84. The summed E-state index contributed by atoms with van der Waals surface area (Å²) in [5.74, 6) is 0.120. The number of thioether (sulfide) groups is 1. The molecule has 194 valence electrons. The number of rotatable bonds is 11. The molecule has 2 unspecified atom stereocenters. The van der Waals surface area contributed by atoms with Gasteiger partial charge in [0, 0.05) is 12.6 Å². The molecule has 2 N–H and O–H groups in total. The van der Waals surface area contributed by atoms with Crippen LogP contribution in [0.5, 0.6) is 0 Å². The number of ether oxygens (including phenoxy) is 1. The van der Waals surface area contributed by atoms with Crippen molar-refractivity contribution < 1.29 is 19.1 Å². The van der Waals surface area contributed by atoms with Crippen molar-refractivity contribution in [1.29, 1.82) is 0 Å². The van der Waals surface area contributed by atoms with E-state index in [1.807, 2.05) is 36.6 Å². The Labute approximate surface area is 214 Å². The topological polar surface area (TPSA) is 87.7 Å². The zero-order valence-corrected chi connectivity index (χ0v) is 22.4. The van der Waals surface area contributed by atoms with Gasteiger partial charge in [-0.3, -0.25) is 9.59 Å². The zero-order valence-electron chi connectivity index (χ0n) is 21.5. The van der Waals surface area contributed by atoms with Crippen molar-refractivity contribution in [3.63, 3.8) is 0 Å². The fourth-order valence-corrected chi connectivity index (χ4v) is 4.71. The Morgan fingerprint density at radius 1 is 1.17 bits per heavy atom. The van der Waals surface area contributed by atoms with Gasteiger partial charge in [0.15, 0.2) is 0 Å². The van der Waals surface area contributed by atoms with Gasteiger partial charge in [-0.25, -0.2) is 4.79 Å². The minimum absolute atomic E-state index is 0.107. The Morgan fingerprint density at radius 3 is 2.40 bits per heavy atom. The number of nitrogens with one attached hydrogen (secondary N) is 2. The van der Waals surface area contributed by atoms with E-state index in [1.165, 1.54) is 11.3 Å². The maximum absolute atomic E-state index is 13.9. The van der Waals surface area contributed by atoms with Crippen LogP contribution in [0.15, 0.2) is 43.0 Å². The van der Waals surface area contributed by atoms with Crippen LogP contribution in [0.3, 0.4) is 0 Å². The highest BCUT2D eigenvalue weighted by Crippen LogP contribution is 2.25. The predicted molar refractivity (Wildman–Crippen MR) is 142 cm³/mol. The molecule has 1 saturated carbocycles. The molecule has 1 fully saturated rings. The average Bonchev–Trinajstić information content (AvgIpc) is 2.81. The highest BCUT2D eigenvalue weighted by atomic mass is 32.2. The highest BCUT2D eigenvalue weighted by Gasteiger charge is 2.36. The fraction of sp³-hybridized carbons (Fsp3) is 0.593. The first-order valence-corrected chi connectivity index (χ1v) is 13.8. The molecular weight excluding hydrogens is 462 g/mol. The van der Waals surface area contributed by atoms with Crippen LogP contribution in [-0.4, -0.2) is 59.0 Å². The van der Waals surface area contributed by atoms with Crippen LogP contribution in [0.25, 0.3) is 0 Å². The highest BCUT2D eigenvalue weighted by molar-refractivity contribution is 7.98. The van der Waals surface area contributed by atoms with Crippen molar-refractivity contribution in [2.24, 2.45) is 0 Å². The second-order valence-electron chi connectivity index (χ2n) is 9.92. The van der Waals surface area contributed by atoms with Gasteiger partial charge in [0.1, 0.15) is 17.7 Å². The van der Waals surface area contributed by atoms with E-state index in [9.17, 15) is 14.4 Å². The first-order valence-electron chi connectivity index (χ1n) is 12.4. The number of hydrogen-bond acceptors (Lipinski definition) is 5. The van der Waals surface area contributed by atoms with Crippen LogP contribution in [0.2, 0.25) is 0 Å². The molecule has 35 heavy (non-hydrogen) atoms. The molecule has 2 rings (SSSR count). The summed E-state index contributed by atoms with van der Waals surface area (Å²) in [6, 6.07) is 7.75. The Morgan fingerprint density at radius 2 is 1.83 bits per heavy atom. The normalized spacial score (nSPS) is 16.0.